The molecule has 1 aliphatic rings. The summed E-state index contributed by atoms with van der Waals surface area (Å²) < 4.78 is 13.6. The molecule has 0 aromatic heterocycles. The average molecular weight is 313 g/mol. The highest BCUT2D eigenvalue weighted by Gasteiger charge is 2.26. The Kier molecular flexibility index (Phi) is 4.21. The number of Topliss-reactive ketones (excluding diaryl/α,β-unsaturated/α-hetero) is 1. The van der Waals surface area contributed by atoms with E-state index in [4.69, 9.17) is 0 Å². The van der Waals surface area contributed by atoms with Gasteiger partial charge in [0.2, 0.25) is 0 Å². The van der Waals surface area contributed by atoms with Gasteiger partial charge in [-0.15, -0.1) is 0 Å². The summed E-state index contributed by atoms with van der Waals surface area (Å²) >= 11 is 0. The van der Waals surface area contributed by atoms with E-state index in [1.54, 1.807) is 24.3 Å². The lowest BCUT2D eigenvalue weighted by Gasteiger charge is -2.14. The highest BCUT2D eigenvalue weighted by Crippen LogP contribution is 2.30. The first-order valence-corrected chi connectivity index (χ1v) is 7.45. The van der Waals surface area contributed by atoms with Crippen LogP contribution in [0.3, 0.4) is 0 Å². The van der Waals surface area contributed by atoms with Gasteiger partial charge < -0.3 is 10.4 Å². The van der Waals surface area contributed by atoms with E-state index in [-0.39, 0.29) is 22.8 Å². The molecule has 118 valence electrons. The van der Waals surface area contributed by atoms with Crippen LogP contribution in [0.4, 0.5) is 4.39 Å². The Balaban J connectivity index is 2.12. The molecule has 1 fully saturated rings. The monoisotopic (exact) mass is 313 g/mol. The van der Waals surface area contributed by atoms with Crippen molar-refractivity contribution in [2.24, 2.45) is 5.92 Å². The summed E-state index contributed by atoms with van der Waals surface area (Å²) in [7, 11) is 0. The summed E-state index contributed by atoms with van der Waals surface area (Å²) in [6.07, 6.45) is 0.752. The largest absolute Gasteiger partial charge is 0.478 e. The molecule has 5 heteroatoms. The normalized spacial score (nSPS) is 17.2. The van der Waals surface area contributed by atoms with Crippen molar-refractivity contribution in [3.8, 4) is 11.1 Å². The minimum absolute atomic E-state index is 0.0174. The first-order chi connectivity index (χ1) is 11.1. The molecule has 1 saturated heterocycles. The smallest absolute Gasteiger partial charge is 0.336 e. The van der Waals surface area contributed by atoms with Crippen LogP contribution in [0.1, 0.15) is 27.1 Å². The second kappa shape index (κ2) is 6.30. The van der Waals surface area contributed by atoms with Gasteiger partial charge in [-0.05, 0) is 42.3 Å². The summed E-state index contributed by atoms with van der Waals surface area (Å²) in [5, 5.41) is 12.5. The Morgan fingerprint density at radius 1 is 1.09 bits per heavy atom. The van der Waals surface area contributed by atoms with Crippen molar-refractivity contribution in [1.82, 2.24) is 5.32 Å². The Morgan fingerprint density at radius 3 is 2.57 bits per heavy atom. The molecule has 0 saturated carbocycles. The number of carboxylic acids is 1. The topological polar surface area (TPSA) is 66.4 Å². The van der Waals surface area contributed by atoms with Gasteiger partial charge >= 0.3 is 5.97 Å². The number of aromatic carboxylic acids is 1. The number of ketones is 1. The summed E-state index contributed by atoms with van der Waals surface area (Å²) in [4.78, 5) is 24.2. The molecule has 1 aliphatic heterocycles. The maximum absolute atomic E-state index is 13.6. The number of carbonyl (C=O) groups excluding carboxylic acids is 1. The highest BCUT2D eigenvalue weighted by atomic mass is 19.1. The predicted molar refractivity (Wildman–Crippen MR) is 84.1 cm³/mol. The summed E-state index contributed by atoms with van der Waals surface area (Å²) in [5.74, 6) is -1.84. The number of nitrogens with one attached hydrogen (secondary N) is 1. The molecule has 3 rings (SSSR count). The molecule has 0 aliphatic carbocycles. The molecule has 1 unspecified atom stereocenters. The molecule has 2 aromatic carbocycles. The number of hydrogen-bond acceptors (Lipinski definition) is 3. The van der Waals surface area contributed by atoms with Gasteiger partial charge in [-0.25, -0.2) is 9.18 Å². The fraction of sp³-hybridized carbons (Fsp3) is 0.222. The standard InChI is InChI=1S/C18H16FNO3/c19-12-5-6-15(18(22)23)16(9-12)13-3-1-2-4-14(13)17(21)11-7-8-20-10-11/h1-6,9,11,20H,7-8,10H2,(H,22,23). The Labute approximate surface area is 133 Å². The minimum Gasteiger partial charge on any atom is -0.478 e. The molecule has 0 amide bonds. The number of hydrogen-bond donors (Lipinski definition) is 2. The van der Waals surface area contributed by atoms with Gasteiger partial charge in [0.15, 0.2) is 5.78 Å². The summed E-state index contributed by atoms with van der Waals surface area (Å²) in [6.45, 7) is 1.40. The van der Waals surface area contributed by atoms with Crippen LogP contribution in [0, 0.1) is 11.7 Å². The van der Waals surface area contributed by atoms with Crippen molar-refractivity contribution in [2.75, 3.05) is 13.1 Å². The second-order valence-corrected chi connectivity index (χ2v) is 5.59. The first kappa shape index (κ1) is 15.4. The van der Waals surface area contributed by atoms with E-state index < -0.39 is 11.8 Å². The molecule has 2 aromatic rings. The fourth-order valence-corrected chi connectivity index (χ4v) is 2.96. The fourth-order valence-electron chi connectivity index (χ4n) is 2.96. The van der Waals surface area contributed by atoms with Gasteiger partial charge in [-0.3, -0.25) is 4.79 Å². The van der Waals surface area contributed by atoms with Gasteiger partial charge in [0.05, 0.1) is 5.56 Å². The van der Waals surface area contributed by atoms with Crippen LogP contribution in [0.5, 0.6) is 0 Å². The average Bonchev–Trinajstić information content (AvgIpc) is 3.08. The second-order valence-electron chi connectivity index (χ2n) is 5.59. The van der Waals surface area contributed by atoms with Crippen LogP contribution in [0.15, 0.2) is 42.5 Å². The zero-order chi connectivity index (χ0) is 16.4. The number of carboxylic acid groups (broad SMARTS) is 1. The number of halogens is 1. The number of rotatable bonds is 4. The molecule has 0 radical (unpaired) electrons. The third kappa shape index (κ3) is 3.00. The third-order valence-corrected chi connectivity index (χ3v) is 4.13. The molecular weight excluding hydrogens is 297 g/mol. The van der Waals surface area contributed by atoms with Crippen LogP contribution in [0.2, 0.25) is 0 Å². The Hall–Kier alpha value is -2.53. The number of carbonyl (C=O) groups is 2. The van der Waals surface area contributed by atoms with Gasteiger partial charge in [0.1, 0.15) is 5.82 Å². The van der Waals surface area contributed by atoms with E-state index in [0.717, 1.165) is 19.0 Å². The van der Waals surface area contributed by atoms with Crippen LogP contribution < -0.4 is 5.32 Å². The van der Waals surface area contributed by atoms with E-state index in [9.17, 15) is 19.1 Å². The maximum Gasteiger partial charge on any atom is 0.336 e. The maximum atomic E-state index is 13.6. The van der Waals surface area contributed by atoms with Gasteiger partial charge in [-0.2, -0.15) is 0 Å². The van der Waals surface area contributed by atoms with Crippen LogP contribution in [-0.2, 0) is 0 Å². The van der Waals surface area contributed by atoms with E-state index in [2.05, 4.69) is 5.32 Å². The molecule has 2 N–H and O–H groups in total. The predicted octanol–water partition coefficient (Wildman–Crippen LogP) is 2.98. The highest BCUT2D eigenvalue weighted by molar-refractivity contribution is 6.06. The summed E-state index contributed by atoms with van der Waals surface area (Å²) in [5.41, 5.74) is 1.11. The van der Waals surface area contributed by atoms with Gasteiger partial charge in [0.25, 0.3) is 0 Å². The zero-order valence-electron chi connectivity index (χ0n) is 12.4. The molecule has 1 atom stereocenters. The third-order valence-electron chi connectivity index (χ3n) is 4.13. The van der Waals surface area contributed by atoms with Crippen LogP contribution in [0.25, 0.3) is 11.1 Å². The van der Waals surface area contributed by atoms with E-state index in [1.807, 2.05) is 0 Å². The number of benzene rings is 2. The molecule has 23 heavy (non-hydrogen) atoms. The first-order valence-electron chi connectivity index (χ1n) is 7.45. The van der Waals surface area contributed by atoms with E-state index in [0.29, 0.717) is 17.7 Å². The Bertz CT molecular complexity index is 767. The quantitative estimate of drug-likeness (QED) is 0.852. The van der Waals surface area contributed by atoms with E-state index >= 15 is 0 Å². The van der Waals surface area contributed by atoms with Crippen molar-refractivity contribution in [3.05, 3.63) is 59.4 Å². The van der Waals surface area contributed by atoms with Gasteiger partial charge in [-0.1, -0.05) is 24.3 Å². The van der Waals surface area contributed by atoms with Crippen molar-refractivity contribution < 1.29 is 19.1 Å². The SMILES string of the molecule is O=C(O)c1ccc(F)cc1-c1ccccc1C(=O)C1CCNC1. The molecule has 0 spiro atoms. The lowest BCUT2D eigenvalue weighted by Crippen LogP contribution is -2.18. The van der Waals surface area contributed by atoms with E-state index in [1.165, 1.54) is 12.1 Å². The van der Waals surface area contributed by atoms with Crippen molar-refractivity contribution in [2.45, 2.75) is 6.42 Å². The zero-order valence-corrected chi connectivity index (χ0v) is 12.4. The lowest BCUT2D eigenvalue weighted by atomic mass is 9.89. The molecule has 4 nitrogen and oxygen atoms in total. The van der Waals surface area contributed by atoms with Crippen LogP contribution in [-0.4, -0.2) is 29.9 Å². The molecule has 1 heterocycles. The molecule has 0 bridgehead atoms. The van der Waals surface area contributed by atoms with Crippen LogP contribution >= 0.6 is 0 Å². The van der Waals surface area contributed by atoms with Crippen molar-refractivity contribution in [1.29, 1.82) is 0 Å². The summed E-state index contributed by atoms with van der Waals surface area (Å²) in [6, 6.07) is 10.3. The van der Waals surface area contributed by atoms with Gasteiger partial charge in [0, 0.05) is 18.0 Å². The molecular formula is C18H16FNO3. The minimum atomic E-state index is -1.15. The Morgan fingerprint density at radius 2 is 1.87 bits per heavy atom. The lowest BCUT2D eigenvalue weighted by molar-refractivity contribution is 0.0697. The van der Waals surface area contributed by atoms with Crippen molar-refractivity contribution >= 4 is 11.8 Å². The van der Waals surface area contributed by atoms with Crippen molar-refractivity contribution in [3.63, 3.8) is 0 Å².